The number of ether oxygens (including phenoxy) is 1. The molecule has 1 unspecified atom stereocenters. The standard InChI is InChI=1S/C24H24ClFN4O3/c1-3-32-13-5-12-30-15(2)20(21(27-24(30)31)16-8-10-18(25)11-9-16)23-28-22(29-33-23)17-6-4-7-19(26)14-17/h4,6-11,14,21H,3,5,12-13H2,1-2H3,(H,27,31). The summed E-state index contributed by atoms with van der Waals surface area (Å²) in [6.45, 7) is 5.42. The maximum Gasteiger partial charge on any atom is 0.322 e. The van der Waals surface area contributed by atoms with Crippen LogP contribution in [0.1, 0.15) is 37.8 Å². The number of rotatable bonds is 8. The predicted molar refractivity (Wildman–Crippen MR) is 123 cm³/mol. The molecule has 0 aliphatic carbocycles. The summed E-state index contributed by atoms with van der Waals surface area (Å²) in [5.74, 6) is 0.125. The third-order valence-corrected chi connectivity index (χ3v) is 5.67. The summed E-state index contributed by atoms with van der Waals surface area (Å²) in [6.07, 6.45) is 0.676. The summed E-state index contributed by atoms with van der Waals surface area (Å²) in [5, 5.41) is 7.68. The number of hydrogen-bond donors (Lipinski definition) is 1. The van der Waals surface area contributed by atoms with Crippen LogP contribution in [-0.4, -0.2) is 40.8 Å². The number of urea groups is 1. The van der Waals surface area contributed by atoms with Crippen molar-refractivity contribution in [2.75, 3.05) is 19.8 Å². The Morgan fingerprint density at radius 1 is 1.24 bits per heavy atom. The molecule has 0 fully saturated rings. The van der Waals surface area contributed by atoms with Crippen LogP contribution < -0.4 is 5.32 Å². The molecule has 0 radical (unpaired) electrons. The number of allylic oxidation sites excluding steroid dienone is 1. The van der Waals surface area contributed by atoms with Gasteiger partial charge in [-0.1, -0.05) is 41.0 Å². The van der Waals surface area contributed by atoms with Crippen LogP contribution in [0.2, 0.25) is 5.02 Å². The van der Waals surface area contributed by atoms with Crippen LogP contribution in [0.4, 0.5) is 9.18 Å². The van der Waals surface area contributed by atoms with Crippen LogP contribution >= 0.6 is 11.6 Å². The number of aromatic nitrogens is 2. The first-order valence-electron chi connectivity index (χ1n) is 10.7. The van der Waals surface area contributed by atoms with Crippen LogP contribution in [0.25, 0.3) is 17.0 Å². The van der Waals surface area contributed by atoms with Gasteiger partial charge in [-0.05, 0) is 50.1 Å². The molecule has 0 saturated heterocycles. The van der Waals surface area contributed by atoms with E-state index in [0.29, 0.717) is 48.0 Å². The molecule has 4 rings (SSSR count). The summed E-state index contributed by atoms with van der Waals surface area (Å²) >= 11 is 6.06. The lowest BCUT2D eigenvalue weighted by Crippen LogP contribution is -2.46. The molecule has 1 atom stereocenters. The second-order valence-electron chi connectivity index (χ2n) is 7.57. The molecule has 0 spiro atoms. The maximum atomic E-state index is 13.7. The molecule has 172 valence electrons. The predicted octanol–water partition coefficient (Wildman–Crippen LogP) is 5.45. The minimum Gasteiger partial charge on any atom is -0.382 e. The molecular formula is C24H24ClFN4O3. The van der Waals surface area contributed by atoms with E-state index in [1.165, 1.54) is 12.1 Å². The van der Waals surface area contributed by atoms with Crippen LogP contribution in [0.3, 0.4) is 0 Å². The average Bonchev–Trinajstić information content (AvgIpc) is 3.28. The van der Waals surface area contributed by atoms with Gasteiger partial charge in [0, 0.05) is 36.0 Å². The first-order chi connectivity index (χ1) is 16.0. The van der Waals surface area contributed by atoms with E-state index < -0.39 is 11.9 Å². The van der Waals surface area contributed by atoms with Gasteiger partial charge in [-0.2, -0.15) is 4.98 Å². The van der Waals surface area contributed by atoms with Gasteiger partial charge in [0.2, 0.25) is 5.82 Å². The van der Waals surface area contributed by atoms with E-state index in [1.807, 2.05) is 26.0 Å². The number of carbonyl (C=O) groups is 1. The lowest BCUT2D eigenvalue weighted by molar-refractivity contribution is 0.136. The van der Waals surface area contributed by atoms with Crippen molar-refractivity contribution in [3.8, 4) is 11.4 Å². The number of nitrogens with zero attached hydrogens (tertiary/aromatic N) is 3. The van der Waals surface area contributed by atoms with Crippen molar-refractivity contribution in [3.05, 3.63) is 76.5 Å². The zero-order chi connectivity index (χ0) is 23.4. The molecule has 9 heteroatoms. The third-order valence-electron chi connectivity index (χ3n) is 5.41. The fraction of sp³-hybridized carbons (Fsp3) is 0.292. The number of hydrogen-bond acceptors (Lipinski definition) is 5. The Kier molecular flexibility index (Phi) is 7.05. The molecule has 0 bridgehead atoms. The minimum absolute atomic E-state index is 0.224. The second-order valence-corrected chi connectivity index (χ2v) is 8.01. The monoisotopic (exact) mass is 470 g/mol. The number of amides is 2. The van der Waals surface area contributed by atoms with Gasteiger partial charge in [-0.25, -0.2) is 9.18 Å². The smallest absolute Gasteiger partial charge is 0.322 e. The van der Waals surface area contributed by atoms with Crippen LogP contribution in [0.15, 0.2) is 58.8 Å². The van der Waals surface area contributed by atoms with Crippen LogP contribution in [-0.2, 0) is 4.74 Å². The highest BCUT2D eigenvalue weighted by atomic mass is 35.5. The lowest BCUT2D eigenvalue weighted by Gasteiger charge is -2.35. The van der Waals surface area contributed by atoms with Gasteiger partial charge in [0.1, 0.15) is 5.82 Å². The zero-order valence-corrected chi connectivity index (χ0v) is 19.1. The largest absolute Gasteiger partial charge is 0.382 e. The van der Waals surface area contributed by atoms with E-state index in [0.717, 1.165) is 5.56 Å². The van der Waals surface area contributed by atoms with E-state index in [1.54, 1.807) is 29.2 Å². The molecule has 2 aromatic carbocycles. The molecule has 0 saturated carbocycles. The number of benzene rings is 2. The molecular weight excluding hydrogens is 447 g/mol. The Balaban J connectivity index is 1.74. The first kappa shape index (κ1) is 22.9. The molecule has 33 heavy (non-hydrogen) atoms. The highest BCUT2D eigenvalue weighted by Gasteiger charge is 2.35. The Morgan fingerprint density at radius 3 is 2.76 bits per heavy atom. The molecule has 2 amide bonds. The van der Waals surface area contributed by atoms with Crippen LogP contribution in [0, 0.1) is 5.82 Å². The van der Waals surface area contributed by atoms with Crippen molar-refractivity contribution in [1.82, 2.24) is 20.4 Å². The molecule has 2 heterocycles. The van der Waals surface area contributed by atoms with E-state index >= 15 is 0 Å². The minimum atomic E-state index is -0.515. The molecule has 7 nitrogen and oxygen atoms in total. The van der Waals surface area contributed by atoms with Crippen molar-refractivity contribution in [1.29, 1.82) is 0 Å². The van der Waals surface area contributed by atoms with Gasteiger partial charge in [-0.15, -0.1) is 0 Å². The zero-order valence-electron chi connectivity index (χ0n) is 18.3. The quantitative estimate of drug-likeness (QED) is 0.442. The number of nitrogens with one attached hydrogen (secondary N) is 1. The lowest BCUT2D eigenvalue weighted by atomic mass is 9.94. The summed E-state index contributed by atoms with van der Waals surface area (Å²) in [6, 6.07) is 12.5. The Bertz CT molecular complexity index is 1160. The second kappa shape index (κ2) is 10.1. The highest BCUT2D eigenvalue weighted by Crippen LogP contribution is 2.37. The van der Waals surface area contributed by atoms with Gasteiger partial charge >= 0.3 is 6.03 Å². The van der Waals surface area contributed by atoms with E-state index in [9.17, 15) is 9.18 Å². The fourth-order valence-electron chi connectivity index (χ4n) is 3.78. The summed E-state index contributed by atoms with van der Waals surface area (Å²) < 4.78 is 24.7. The van der Waals surface area contributed by atoms with Crippen molar-refractivity contribution in [3.63, 3.8) is 0 Å². The molecule has 3 aromatic rings. The van der Waals surface area contributed by atoms with Crippen molar-refractivity contribution >= 4 is 23.2 Å². The summed E-state index contributed by atoms with van der Waals surface area (Å²) in [7, 11) is 0. The molecule has 1 N–H and O–H groups in total. The van der Waals surface area contributed by atoms with E-state index in [2.05, 4.69) is 15.5 Å². The molecule has 1 aliphatic heterocycles. The van der Waals surface area contributed by atoms with Crippen molar-refractivity contribution in [2.24, 2.45) is 0 Å². The Morgan fingerprint density at radius 2 is 2.03 bits per heavy atom. The van der Waals surface area contributed by atoms with Gasteiger partial charge in [0.15, 0.2) is 0 Å². The summed E-state index contributed by atoms with van der Waals surface area (Å²) in [5.41, 5.74) is 2.69. The van der Waals surface area contributed by atoms with E-state index in [-0.39, 0.29) is 17.7 Å². The van der Waals surface area contributed by atoms with Crippen molar-refractivity contribution < 1.29 is 18.4 Å². The Hall–Kier alpha value is -3.23. The van der Waals surface area contributed by atoms with Crippen molar-refractivity contribution in [2.45, 2.75) is 26.3 Å². The summed E-state index contributed by atoms with van der Waals surface area (Å²) in [4.78, 5) is 19.1. The topological polar surface area (TPSA) is 80.5 Å². The molecule has 1 aliphatic rings. The SMILES string of the molecule is CCOCCCN1C(=O)NC(c2ccc(Cl)cc2)C(c2nc(-c3cccc(F)c3)no2)=C1C. The number of carbonyl (C=O) groups excluding carboxylic acids is 1. The van der Waals surface area contributed by atoms with Gasteiger partial charge < -0.3 is 14.6 Å². The highest BCUT2D eigenvalue weighted by molar-refractivity contribution is 6.30. The number of halogens is 2. The maximum absolute atomic E-state index is 13.7. The van der Waals surface area contributed by atoms with Crippen LogP contribution in [0.5, 0.6) is 0 Å². The molecule has 1 aromatic heterocycles. The Labute approximate surface area is 196 Å². The first-order valence-corrected chi connectivity index (χ1v) is 11.1. The third kappa shape index (κ3) is 5.07. The van der Waals surface area contributed by atoms with Gasteiger partial charge in [-0.3, -0.25) is 4.90 Å². The normalized spacial score (nSPS) is 16.3. The fourth-order valence-corrected chi connectivity index (χ4v) is 3.91. The average molecular weight is 471 g/mol. The van der Waals surface area contributed by atoms with E-state index in [4.69, 9.17) is 20.9 Å². The van der Waals surface area contributed by atoms with Gasteiger partial charge in [0.25, 0.3) is 5.89 Å². The van der Waals surface area contributed by atoms with Gasteiger partial charge in [0.05, 0.1) is 11.6 Å².